The molecule has 0 radical (unpaired) electrons. The number of amides is 1. The van der Waals surface area contributed by atoms with E-state index < -0.39 is 17.7 Å². The molecule has 0 bridgehead atoms. The maximum atomic E-state index is 14.1. The second-order valence-corrected chi connectivity index (χ2v) is 6.45. The summed E-state index contributed by atoms with van der Waals surface area (Å²) in [5.41, 5.74) is 6.03. The fourth-order valence-corrected chi connectivity index (χ4v) is 2.66. The summed E-state index contributed by atoms with van der Waals surface area (Å²) in [7, 11) is 0. The fraction of sp³-hybridized carbons (Fsp3) is 0.562. The van der Waals surface area contributed by atoms with Crippen LogP contribution in [0.3, 0.4) is 0 Å². The zero-order valence-electron chi connectivity index (χ0n) is 12.8. The molecule has 1 heterocycles. The van der Waals surface area contributed by atoms with Gasteiger partial charge in [0.05, 0.1) is 6.04 Å². The Morgan fingerprint density at radius 2 is 2.05 bits per heavy atom. The molecule has 1 aliphatic heterocycles. The van der Waals surface area contributed by atoms with Crippen LogP contribution in [-0.2, 0) is 4.74 Å². The highest BCUT2D eigenvalue weighted by Gasteiger charge is 2.37. The third-order valence-corrected chi connectivity index (χ3v) is 3.53. The maximum absolute atomic E-state index is 14.1. The molecule has 1 aliphatic rings. The highest BCUT2D eigenvalue weighted by molar-refractivity contribution is 5.69. The van der Waals surface area contributed by atoms with E-state index in [0.29, 0.717) is 12.1 Å². The van der Waals surface area contributed by atoms with Crippen molar-refractivity contribution in [3.63, 3.8) is 0 Å². The number of rotatable bonds is 1. The number of carbonyl (C=O) groups excluding carboxylic acids is 1. The fourth-order valence-electron chi connectivity index (χ4n) is 2.66. The molecule has 0 aromatic heterocycles. The van der Waals surface area contributed by atoms with Crippen LogP contribution in [0.25, 0.3) is 0 Å². The third kappa shape index (κ3) is 3.73. The molecule has 2 atom stereocenters. The van der Waals surface area contributed by atoms with E-state index in [0.717, 1.165) is 12.8 Å². The Kier molecular flexibility index (Phi) is 4.52. The molecule has 21 heavy (non-hydrogen) atoms. The number of hydrogen-bond acceptors (Lipinski definition) is 3. The van der Waals surface area contributed by atoms with Crippen molar-refractivity contribution in [2.24, 2.45) is 5.73 Å². The van der Waals surface area contributed by atoms with Gasteiger partial charge in [-0.25, -0.2) is 9.18 Å². The van der Waals surface area contributed by atoms with Gasteiger partial charge in [-0.05, 0) is 39.7 Å². The lowest BCUT2D eigenvalue weighted by Crippen LogP contribution is -2.50. The van der Waals surface area contributed by atoms with E-state index >= 15 is 0 Å². The summed E-state index contributed by atoms with van der Waals surface area (Å²) >= 11 is 0. The summed E-state index contributed by atoms with van der Waals surface area (Å²) in [5.74, 6) is -0.339. The standard InChI is InChI=1S/C16H23FN2O2/c1-16(2,3)21-15(20)19-10-6-9-13(18)14(19)11-7-4-5-8-12(11)17/h4-5,7-8,13-14H,6,9-10,18H2,1-3H3. The summed E-state index contributed by atoms with van der Waals surface area (Å²) in [6.45, 7) is 5.97. The first kappa shape index (κ1) is 15.8. The molecule has 0 spiro atoms. The molecule has 1 amide bonds. The van der Waals surface area contributed by atoms with E-state index in [1.807, 2.05) is 20.8 Å². The van der Waals surface area contributed by atoms with Gasteiger partial charge in [-0.1, -0.05) is 18.2 Å². The molecule has 1 saturated heterocycles. The van der Waals surface area contributed by atoms with Crippen molar-refractivity contribution < 1.29 is 13.9 Å². The van der Waals surface area contributed by atoms with Crippen LogP contribution in [0.2, 0.25) is 0 Å². The molecule has 1 fully saturated rings. The highest BCUT2D eigenvalue weighted by atomic mass is 19.1. The number of piperidine rings is 1. The van der Waals surface area contributed by atoms with Crippen LogP contribution in [0.5, 0.6) is 0 Å². The molecule has 4 nitrogen and oxygen atoms in total. The van der Waals surface area contributed by atoms with Crippen molar-refractivity contribution >= 4 is 6.09 Å². The number of ether oxygens (including phenoxy) is 1. The zero-order valence-corrected chi connectivity index (χ0v) is 12.8. The van der Waals surface area contributed by atoms with Gasteiger partial charge < -0.3 is 10.5 Å². The van der Waals surface area contributed by atoms with Gasteiger partial charge in [0.1, 0.15) is 11.4 Å². The van der Waals surface area contributed by atoms with Gasteiger partial charge in [0.15, 0.2) is 0 Å². The molecular weight excluding hydrogens is 271 g/mol. The summed E-state index contributed by atoms with van der Waals surface area (Å²) < 4.78 is 19.5. The molecule has 2 N–H and O–H groups in total. The van der Waals surface area contributed by atoms with Crippen molar-refractivity contribution in [3.05, 3.63) is 35.6 Å². The van der Waals surface area contributed by atoms with Gasteiger partial charge in [-0.15, -0.1) is 0 Å². The summed E-state index contributed by atoms with van der Waals surface area (Å²) in [6.07, 6.45) is 1.12. The van der Waals surface area contributed by atoms with Crippen molar-refractivity contribution in [1.82, 2.24) is 4.90 Å². The molecule has 5 heteroatoms. The topological polar surface area (TPSA) is 55.6 Å². The molecule has 2 unspecified atom stereocenters. The van der Waals surface area contributed by atoms with Crippen molar-refractivity contribution in [1.29, 1.82) is 0 Å². The molecule has 0 aliphatic carbocycles. The Morgan fingerprint density at radius 3 is 2.67 bits per heavy atom. The Hall–Kier alpha value is -1.62. The van der Waals surface area contributed by atoms with E-state index in [2.05, 4.69) is 0 Å². The third-order valence-electron chi connectivity index (χ3n) is 3.53. The first-order valence-corrected chi connectivity index (χ1v) is 7.29. The molecule has 1 aromatic rings. The molecular formula is C16H23FN2O2. The minimum Gasteiger partial charge on any atom is -0.444 e. The Morgan fingerprint density at radius 1 is 1.38 bits per heavy atom. The van der Waals surface area contributed by atoms with Crippen LogP contribution in [0.15, 0.2) is 24.3 Å². The monoisotopic (exact) mass is 294 g/mol. The Labute approximate surface area is 125 Å². The smallest absolute Gasteiger partial charge is 0.410 e. The number of nitrogens with zero attached hydrogens (tertiary/aromatic N) is 1. The number of hydrogen-bond donors (Lipinski definition) is 1. The molecule has 1 aromatic carbocycles. The van der Waals surface area contributed by atoms with Gasteiger partial charge in [0.25, 0.3) is 0 Å². The minimum absolute atomic E-state index is 0.289. The Bertz CT molecular complexity index is 513. The van der Waals surface area contributed by atoms with Crippen LogP contribution in [0.4, 0.5) is 9.18 Å². The van der Waals surface area contributed by atoms with Crippen LogP contribution in [0, 0.1) is 5.82 Å². The average Bonchev–Trinajstić information content (AvgIpc) is 2.37. The largest absolute Gasteiger partial charge is 0.444 e. The Balaban J connectivity index is 2.30. The summed E-state index contributed by atoms with van der Waals surface area (Å²) in [4.78, 5) is 13.9. The maximum Gasteiger partial charge on any atom is 0.410 e. The predicted octanol–water partition coefficient (Wildman–Crippen LogP) is 3.23. The second-order valence-electron chi connectivity index (χ2n) is 6.45. The number of halogens is 1. The van der Waals surface area contributed by atoms with Gasteiger partial charge in [0.2, 0.25) is 0 Å². The summed E-state index contributed by atoms with van der Waals surface area (Å²) in [6, 6.07) is 5.70. The molecule has 2 rings (SSSR count). The highest BCUT2D eigenvalue weighted by Crippen LogP contribution is 2.32. The van der Waals surface area contributed by atoms with Crippen LogP contribution in [0.1, 0.15) is 45.2 Å². The van der Waals surface area contributed by atoms with E-state index in [1.165, 1.54) is 6.07 Å². The molecule has 0 saturated carbocycles. The second kappa shape index (κ2) is 6.02. The lowest BCUT2D eigenvalue weighted by Gasteiger charge is -2.40. The van der Waals surface area contributed by atoms with Gasteiger partial charge in [-0.3, -0.25) is 4.90 Å². The van der Waals surface area contributed by atoms with E-state index in [9.17, 15) is 9.18 Å². The first-order valence-electron chi connectivity index (χ1n) is 7.29. The zero-order chi connectivity index (χ0) is 15.6. The lowest BCUT2D eigenvalue weighted by atomic mass is 9.91. The predicted molar refractivity (Wildman–Crippen MR) is 79.3 cm³/mol. The van der Waals surface area contributed by atoms with Crippen molar-refractivity contribution in [2.75, 3.05) is 6.54 Å². The lowest BCUT2D eigenvalue weighted by molar-refractivity contribution is 0.00604. The quantitative estimate of drug-likeness (QED) is 0.865. The summed E-state index contributed by atoms with van der Waals surface area (Å²) in [5, 5.41) is 0. The van der Waals surface area contributed by atoms with Crippen molar-refractivity contribution in [3.8, 4) is 0 Å². The van der Waals surface area contributed by atoms with Gasteiger partial charge >= 0.3 is 6.09 Å². The first-order chi connectivity index (χ1) is 9.79. The van der Waals surface area contributed by atoms with E-state index in [1.54, 1.807) is 23.1 Å². The number of carbonyl (C=O) groups is 1. The average molecular weight is 294 g/mol. The van der Waals surface area contributed by atoms with E-state index in [4.69, 9.17) is 10.5 Å². The van der Waals surface area contributed by atoms with Gasteiger partial charge in [-0.2, -0.15) is 0 Å². The number of nitrogens with two attached hydrogens (primary N) is 1. The normalized spacial score (nSPS) is 23.0. The van der Waals surface area contributed by atoms with Crippen molar-refractivity contribution in [2.45, 2.75) is 51.3 Å². The molecule has 116 valence electrons. The minimum atomic E-state index is -0.585. The van der Waals surface area contributed by atoms with E-state index in [-0.39, 0.29) is 11.9 Å². The van der Waals surface area contributed by atoms with Crippen LogP contribution in [-0.4, -0.2) is 29.2 Å². The van der Waals surface area contributed by atoms with Crippen LogP contribution < -0.4 is 5.73 Å². The SMILES string of the molecule is CC(C)(C)OC(=O)N1CCCC(N)C1c1ccccc1F. The number of benzene rings is 1. The van der Waals surface area contributed by atoms with Gasteiger partial charge in [0, 0.05) is 18.2 Å². The van der Waals surface area contributed by atoms with Crippen LogP contribution >= 0.6 is 0 Å². The number of likely N-dealkylation sites (tertiary alicyclic amines) is 1.